The molecule has 0 spiro atoms. The van der Waals surface area contributed by atoms with Crippen LogP contribution in [0.3, 0.4) is 0 Å². The highest BCUT2D eigenvalue weighted by atomic mass is 16.5. The molecule has 6 heteroatoms. The molecule has 1 amide bonds. The Labute approximate surface area is 157 Å². The molecule has 140 valence electrons. The van der Waals surface area contributed by atoms with E-state index in [4.69, 9.17) is 13.7 Å². The van der Waals surface area contributed by atoms with Crippen molar-refractivity contribution in [2.75, 3.05) is 7.11 Å². The van der Waals surface area contributed by atoms with Gasteiger partial charge < -0.3 is 18.6 Å². The average molecular weight is 366 g/mol. The van der Waals surface area contributed by atoms with Gasteiger partial charge in [-0.25, -0.2) is 0 Å². The lowest BCUT2D eigenvalue weighted by atomic mass is 9.84. The zero-order valence-corrected chi connectivity index (χ0v) is 15.3. The topological polar surface area (TPSA) is 68.7 Å². The van der Waals surface area contributed by atoms with Gasteiger partial charge in [-0.2, -0.15) is 0 Å². The second kappa shape index (κ2) is 7.70. The van der Waals surface area contributed by atoms with Gasteiger partial charge in [-0.15, -0.1) is 0 Å². The van der Waals surface area contributed by atoms with Crippen LogP contribution in [-0.2, 0) is 17.9 Å². The highest BCUT2D eigenvalue weighted by Crippen LogP contribution is 2.32. The molecule has 1 saturated carbocycles. The third kappa shape index (κ3) is 3.74. The summed E-state index contributed by atoms with van der Waals surface area (Å²) in [6.07, 6.45) is 4.65. The second-order valence-corrected chi connectivity index (χ2v) is 6.78. The van der Waals surface area contributed by atoms with Crippen molar-refractivity contribution in [1.82, 2.24) is 10.1 Å². The Balaban J connectivity index is 1.54. The van der Waals surface area contributed by atoms with Crippen molar-refractivity contribution < 1.29 is 18.5 Å². The number of rotatable bonds is 7. The number of methoxy groups -OCH3 is 1. The number of hydrogen-bond donors (Lipinski definition) is 0. The van der Waals surface area contributed by atoms with Crippen LogP contribution >= 0.6 is 0 Å². The maximum absolute atomic E-state index is 12.8. The van der Waals surface area contributed by atoms with Crippen LogP contribution in [0.5, 0.6) is 5.75 Å². The minimum atomic E-state index is 0.112. The van der Waals surface area contributed by atoms with Crippen molar-refractivity contribution >= 4 is 5.91 Å². The summed E-state index contributed by atoms with van der Waals surface area (Å²) in [5.74, 6) is 2.37. The molecule has 3 aromatic rings. The number of furan rings is 1. The zero-order valence-electron chi connectivity index (χ0n) is 15.3. The van der Waals surface area contributed by atoms with Gasteiger partial charge in [0.1, 0.15) is 17.2 Å². The van der Waals surface area contributed by atoms with E-state index in [1.807, 2.05) is 42.5 Å². The normalized spacial score (nSPS) is 14.0. The van der Waals surface area contributed by atoms with Crippen LogP contribution in [0.4, 0.5) is 0 Å². The van der Waals surface area contributed by atoms with Gasteiger partial charge in [0, 0.05) is 12.0 Å². The lowest BCUT2D eigenvalue weighted by Crippen LogP contribution is -2.38. The summed E-state index contributed by atoms with van der Waals surface area (Å²) in [4.78, 5) is 14.6. The van der Waals surface area contributed by atoms with Gasteiger partial charge in [0.15, 0.2) is 5.76 Å². The summed E-state index contributed by atoms with van der Waals surface area (Å²) < 4.78 is 16.3. The van der Waals surface area contributed by atoms with Crippen molar-refractivity contribution in [1.29, 1.82) is 0 Å². The van der Waals surface area contributed by atoms with E-state index in [1.165, 1.54) is 0 Å². The predicted octanol–water partition coefficient (Wildman–Crippen LogP) is 4.27. The molecule has 0 radical (unpaired) electrons. The Kier molecular flexibility index (Phi) is 4.96. The van der Waals surface area contributed by atoms with Gasteiger partial charge in [0.25, 0.3) is 0 Å². The van der Waals surface area contributed by atoms with Crippen LogP contribution in [-0.4, -0.2) is 23.1 Å². The quantitative estimate of drug-likeness (QED) is 0.624. The Hall–Kier alpha value is -3.02. The predicted molar refractivity (Wildman–Crippen MR) is 98.8 cm³/mol. The molecule has 0 atom stereocenters. The third-order valence-electron chi connectivity index (χ3n) is 4.98. The molecule has 2 aromatic heterocycles. The van der Waals surface area contributed by atoms with Gasteiger partial charge in [-0.1, -0.05) is 23.7 Å². The van der Waals surface area contributed by atoms with Crippen molar-refractivity contribution in [2.24, 2.45) is 5.92 Å². The van der Waals surface area contributed by atoms with E-state index >= 15 is 0 Å². The Morgan fingerprint density at radius 1 is 1.22 bits per heavy atom. The molecule has 0 N–H and O–H groups in total. The monoisotopic (exact) mass is 366 g/mol. The van der Waals surface area contributed by atoms with Crippen molar-refractivity contribution in [3.63, 3.8) is 0 Å². The fourth-order valence-electron chi connectivity index (χ4n) is 3.27. The van der Waals surface area contributed by atoms with Crippen molar-refractivity contribution in [3.05, 3.63) is 60.2 Å². The molecule has 6 nitrogen and oxygen atoms in total. The highest BCUT2D eigenvalue weighted by Gasteiger charge is 2.30. The second-order valence-electron chi connectivity index (χ2n) is 6.78. The van der Waals surface area contributed by atoms with Crippen molar-refractivity contribution in [2.45, 2.75) is 32.4 Å². The molecule has 1 aliphatic carbocycles. The number of benzene rings is 1. The smallest absolute Gasteiger partial charge is 0.226 e. The molecule has 2 heterocycles. The first kappa shape index (κ1) is 17.4. The number of carbonyl (C=O) groups is 1. The third-order valence-corrected chi connectivity index (χ3v) is 4.98. The van der Waals surface area contributed by atoms with Gasteiger partial charge in [0.05, 0.1) is 32.0 Å². The molecule has 0 bridgehead atoms. The van der Waals surface area contributed by atoms with E-state index in [2.05, 4.69) is 5.16 Å². The van der Waals surface area contributed by atoms with Crippen LogP contribution in [0.25, 0.3) is 11.3 Å². The molecule has 27 heavy (non-hydrogen) atoms. The van der Waals surface area contributed by atoms with Gasteiger partial charge in [0.2, 0.25) is 5.91 Å². The van der Waals surface area contributed by atoms with E-state index < -0.39 is 0 Å². The first-order valence-corrected chi connectivity index (χ1v) is 9.15. The lowest BCUT2D eigenvalue weighted by molar-refractivity contribution is -0.139. The number of nitrogens with zero attached hydrogens (tertiary/aromatic N) is 2. The van der Waals surface area contributed by atoms with Gasteiger partial charge in [-0.3, -0.25) is 4.79 Å². The molecule has 4 rings (SSSR count). The number of carbonyl (C=O) groups excluding carboxylic acids is 1. The van der Waals surface area contributed by atoms with E-state index in [9.17, 15) is 4.79 Å². The van der Waals surface area contributed by atoms with Gasteiger partial charge >= 0.3 is 0 Å². The standard InChI is InChI=1S/C21H22N2O4/c1-25-19-10-3-2-9-18(19)20-12-16(22-27-20)13-23(14-17-8-5-11-26-17)21(24)15-6-4-7-15/h2-3,5,8-12,15H,4,6-7,13-14H2,1H3. The van der Waals surface area contributed by atoms with E-state index in [0.29, 0.717) is 24.5 Å². The molecular weight excluding hydrogens is 344 g/mol. The number of ether oxygens (including phenoxy) is 1. The number of para-hydroxylation sites is 1. The summed E-state index contributed by atoms with van der Waals surface area (Å²) in [6, 6.07) is 13.2. The van der Waals surface area contributed by atoms with Crippen LogP contribution < -0.4 is 4.74 Å². The van der Waals surface area contributed by atoms with E-state index in [0.717, 1.165) is 36.3 Å². The summed E-state index contributed by atoms with van der Waals surface area (Å²) in [5, 5.41) is 4.17. The Morgan fingerprint density at radius 3 is 2.78 bits per heavy atom. The average Bonchev–Trinajstić information content (AvgIpc) is 3.31. The lowest BCUT2D eigenvalue weighted by Gasteiger charge is -2.30. The summed E-state index contributed by atoms with van der Waals surface area (Å²) in [6.45, 7) is 0.813. The summed E-state index contributed by atoms with van der Waals surface area (Å²) in [5.41, 5.74) is 1.54. The maximum atomic E-state index is 12.8. The molecule has 0 saturated heterocycles. The minimum absolute atomic E-state index is 0.112. The molecular formula is C21H22N2O4. The molecule has 1 aliphatic rings. The first-order valence-electron chi connectivity index (χ1n) is 9.15. The van der Waals surface area contributed by atoms with E-state index in [1.54, 1.807) is 18.3 Å². The van der Waals surface area contributed by atoms with Crippen molar-refractivity contribution in [3.8, 4) is 17.1 Å². The van der Waals surface area contributed by atoms with Crippen LogP contribution in [0, 0.1) is 5.92 Å². The number of hydrogen-bond acceptors (Lipinski definition) is 5. The number of aromatic nitrogens is 1. The summed E-state index contributed by atoms with van der Waals surface area (Å²) in [7, 11) is 1.62. The minimum Gasteiger partial charge on any atom is -0.496 e. The first-order chi connectivity index (χ1) is 13.2. The van der Waals surface area contributed by atoms with Gasteiger partial charge in [-0.05, 0) is 37.1 Å². The Morgan fingerprint density at radius 2 is 2.07 bits per heavy atom. The maximum Gasteiger partial charge on any atom is 0.226 e. The Bertz CT molecular complexity index is 897. The molecule has 0 aliphatic heterocycles. The summed E-state index contributed by atoms with van der Waals surface area (Å²) >= 11 is 0. The van der Waals surface area contributed by atoms with Crippen LogP contribution in [0.15, 0.2) is 57.7 Å². The highest BCUT2D eigenvalue weighted by molar-refractivity contribution is 5.79. The largest absolute Gasteiger partial charge is 0.496 e. The SMILES string of the molecule is COc1ccccc1-c1cc(CN(Cc2ccco2)C(=O)C2CCC2)no1. The van der Waals surface area contributed by atoms with Crippen LogP contribution in [0.2, 0.25) is 0 Å². The van der Waals surface area contributed by atoms with Crippen LogP contribution in [0.1, 0.15) is 30.7 Å². The number of amides is 1. The molecule has 0 unspecified atom stereocenters. The zero-order chi connectivity index (χ0) is 18.6. The van der Waals surface area contributed by atoms with E-state index in [-0.39, 0.29) is 11.8 Å². The fraction of sp³-hybridized carbons (Fsp3) is 0.333. The molecule has 1 aromatic carbocycles. The molecule has 1 fully saturated rings. The fourth-order valence-corrected chi connectivity index (χ4v) is 3.27.